The van der Waals surface area contributed by atoms with Crippen LogP contribution in [0.1, 0.15) is 12.2 Å². The topological polar surface area (TPSA) is 39.4 Å². The average molecular weight is 150 g/mol. The molecule has 0 atom stereocenters. The Bertz CT molecular complexity index is 295. The minimum absolute atomic E-state index is 0.226. The van der Waals surface area contributed by atoms with Gasteiger partial charge in [-0.15, -0.1) is 0 Å². The second-order valence-electron chi connectivity index (χ2n) is 2.22. The van der Waals surface area contributed by atoms with Gasteiger partial charge in [-0.2, -0.15) is 0 Å². The van der Waals surface area contributed by atoms with Gasteiger partial charge in [0, 0.05) is 0 Å². The molecule has 1 aromatic heterocycles. The number of hydrogen-bond acceptors (Lipinski definition) is 3. The minimum atomic E-state index is -0.226. The zero-order valence-electron chi connectivity index (χ0n) is 5.74. The van der Waals surface area contributed by atoms with E-state index in [1.165, 1.54) is 0 Å². The van der Waals surface area contributed by atoms with E-state index in [1.807, 2.05) is 0 Å². The molecule has 0 saturated heterocycles. The van der Waals surface area contributed by atoms with Gasteiger partial charge in [-0.3, -0.25) is 4.79 Å². The van der Waals surface area contributed by atoms with E-state index in [-0.39, 0.29) is 5.97 Å². The van der Waals surface area contributed by atoms with Gasteiger partial charge in [-0.05, 0) is 18.2 Å². The maximum Gasteiger partial charge on any atom is 0.315 e. The van der Waals surface area contributed by atoms with Crippen LogP contribution in [0.4, 0.5) is 0 Å². The third-order valence-corrected chi connectivity index (χ3v) is 1.44. The van der Waals surface area contributed by atoms with E-state index in [2.05, 4.69) is 0 Å². The van der Waals surface area contributed by atoms with Gasteiger partial charge < -0.3 is 9.15 Å². The number of rotatable bonds is 1. The van der Waals surface area contributed by atoms with Crippen LogP contribution in [-0.2, 0) is 9.53 Å². The molecule has 2 heterocycles. The minimum Gasteiger partial charge on any atom is -0.461 e. The van der Waals surface area contributed by atoms with Crippen molar-refractivity contribution in [2.45, 2.75) is 6.42 Å². The van der Waals surface area contributed by atoms with Crippen LogP contribution >= 0.6 is 0 Å². The number of ether oxygens (including phenoxy) is 1. The Labute approximate surface area is 63.3 Å². The van der Waals surface area contributed by atoms with Crippen molar-refractivity contribution in [1.82, 2.24) is 0 Å². The fourth-order valence-electron chi connectivity index (χ4n) is 0.952. The molecule has 0 radical (unpaired) electrons. The van der Waals surface area contributed by atoms with Crippen LogP contribution in [0.25, 0.3) is 5.76 Å². The molecule has 0 unspecified atom stereocenters. The first-order valence-corrected chi connectivity index (χ1v) is 3.31. The summed E-state index contributed by atoms with van der Waals surface area (Å²) in [6.45, 7) is 0. The molecule has 1 aliphatic rings. The summed E-state index contributed by atoms with van der Waals surface area (Å²) in [5, 5.41) is 0. The molecule has 3 nitrogen and oxygen atoms in total. The molecule has 0 aliphatic carbocycles. The molecule has 0 fully saturated rings. The maximum atomic E-state index is 10.6. The molecule has 1 aromatic rings. The van der Waals surface area contributed by atoms with Crippen LogP contribution in [-0.4, -0.2) is 5.97 Å². The van der Waals surface area contributed by atoms with Crippen LogP contribution in [0.5, 0.6) is 0 Å². The second-order valence-corrected chi connectivity index (χ2v) is 2.22. The molecule has 0 aromatic carbocycles. The van der Waals surface area contributed by atoms with Crippen molar-refractivity contribution in [3.63, 3.8) is 0 Å². The highest BCUT2D eigenvalue weighted by Crippen LogP contribution is 2.22. The zero-order valence-corrected chi connectivity index (χ0v) is 5.74. The van der Waals surface area contributed by atoms with E-state index in [9.17, 15) is 4.79 Å². The SMILES string of the molecule is O=C1CC=C(c2ccco2)O1. The predicted octanol–water partition coefficient (Wildman–Crippen LogP) is 1.57. The summed E-state index contributed by atoms with van der Waals surface area (Å²) in [4.78, 5) is 10.6. The van der Waals surface area contributed by atoms with Crippen molar-refractivity contribution < 1.29 is 13.9 Å². The van der Waals surface area contributed by atoms with Crippen LogP contribution in [0, 0.1) is 0 Å². The van der Waals surface area contributed by atoms with Crippen molar-refractivity contribution >= 4 is 11.7 Å². The van der Waals surface area contributed by atoms with Gasteiger partial charge in [0.15, 0.2) is 11.5 Å². The number of carbonyl (C=O) groups is 1. The van der Waals surface area contributed by atoms with Crippen molar-refractivity contribution in [1.29, 1.82) is 0 Å². The van der Waals surface area contributed by atoms with Gasteiger partial charge in [0.25, 0.3) is 0 Å². The van der Waals surface area contributed by atoms with Gasteiger partial charge in [0.05, 0.1) is 12.7 Å². The Kier molecular flexibility index (Phi) is 1.28. The Balaban J connectivity index is 2.26. The van der Waals surface area contributed by atoms with Crippen molar-refractivity contribution in [2.75, 3.05) is 0 Å². The number of cyclic esters (lactones) is 1. The Hall–Kier alpha value is -1.51. The van der Waals surface area contributed by atoms with E-state index in [1.54, 1.807) is 24.5 Å². The second kappa shape index (κ2) is 2.27. The number of carbonyl (C=O) groups excluding carboxylic acids is 1. The van der Waals surface area contributed by atoms with Gasteiger partial charge in [-0.25, -0.2) is 0 Å². The standard InChI is InChI=1S/C8H6O3/c9-8-4-3-7(11-8)6-2-1-5-10-6/h1-3,5H,4H2. The van der Waals surface area contributed by atoms with Crippen LogP contribution in [0.15, 0.2) is 28.9 Å². The summed E-state index contributed by atoms with van der Waals surface area (Å²) in [5.41, 5.74) is 0. The molecular formula is C8H6O3. The molecule has 0 N–H and O–H groups in total. The van der Waals surface area contributed by atoms with Crippen LogP contribution in [0.3, 0.4) is 0 Å². The third kappa shape index (κ3) is 1.05. The molecule has 2 rings (SSSR count). The first kappa shape index (κ1) is 6.22. The first-order chi connectivity index (χ1) is 5.36. The van der Waals surface area contributed by atoms with Gasteiger partial charge in [0.1, 0.15) is 0 Å². The normalized spacial score (nSPS) is 16.4. The third-order valence-electron chi connectivity index (χ3n) is 1.44. The zero-order chi connectivity index (χ0) is 7.68. The average Bonchev–Trinajstić information content (AvgIpc) is 2.55. The summed E-state index contributed by atoms with van der Waals surface area (Å²) in [6.07, 6.45) is 3.60. The van der Waals surface area contributed by atoms with Crippen molar-refractivity contribution in [3.05, 3.63) is 30.2 Å². The highest BCUT2D eigenvalue weighted by Gasteiger charge is 2.17. The lowest BCUT2D eigenvalue weighted by Crippen LogP contribution is -1.92. The molecule has 56 valence electrons. The quantitative estimate of drug-likeness (QED) is 0.570. The van der Waals surface area contributed by atoms with E-state index >= 15 is 0 Å². The van der Waals surface area contributed by atoms with E-state index in [4.69, 9.17) is 9.15 Å². The van der Waals surface area contributed by atoms with E-state index in [0.29, 0.717) is 17.9 Å². The number of hydrogen-bond donors (Lipinski definition) is 0. The lowest BCUT2D eigenvalue weighted by molar-refractivity contribution is -0.134. The molecule has 11 heavy (non-hydrogen) atoms. The highest BCUT2D eigenvalue weighted by molar-refractivity contribution is 5.84. The van der Waals surface area contributed by atoms with Gasteiger partial charge in [-0.1, -0.05) is 0 Å². The Morgan fingerprint density at radius 1 is 1.45 bits per heavy atom. The number of furan rings is 1. The molecule has 0 spiro atoms. The fraction of sp³-hybridized carbons (Fsp3) is 0.125. The van der Waals surface area contributed by atoms with E-state index in [0.717, 1.165) is 0 Å². The van der Waals surface area contributed by atoms with Gasteiger partial charge in [0.2, 0.25) is 0 Å². The largest absolute Gasteiger partial charge is 0.461 e. The smallest absolute Gasteiger partial charge is 0.315 e. The number of esters is 1. The van der Waals surface area contributed by atoms with Crippen molar-refractivity contribution in [3.8, 4) is 0 Å². The molecule has 0 amide bonds. The molecule has 1 aliphatic heterocycles. The first-order valence-electron chi connectivity index (χ1n) is 3.31. The molecular weight excluding hydrogens is 144 g/mol. The lowest BCUT2D eigenvalue weighted by atomic mass is 10.3. The van der Waals surface area contributed by atoms with E-state index < -0.39 is 0 Å². The maximum absolute atomic E-state index is 10.6. The molecule has 0 bridgehead atoms. The highest BCUT2D eigenvalue weighted by atomic mass is 16.5. The Morgan fingerprint density at radius 3 is 2.91 bits per heavy atom. The van der Waals surface area contributed by atoms with Crippen LogP contribution in [0.2, 0.25) is 0 Å². The van der Waals surface area contributed by atoms with Crippen molar-refractivity contribution in [2.24, 2.45) is 0 Å². The predicted molar refractivity (Wildman–Crippen MR) is 37.4 cm³/mol. The lowest BCUT2D eigenvalue weighted by Gasteiger charge is -1.95. The summed E-state index contributed by atoms with van der Waals surface area (Å²) < 4.78 is 9.85. The Morgan fingerprint density at radius 2 is 2.36 bits per heavy atom. The van der Waals surface area contributed by atoms with Gasteiger partial charge >= 0.3 is 5.97 Å². The fourth-order valence-corrected chi connectivity index (χ4v) is 0.952. The summed E-state index contributed by atoms with van der Waals surface area (Å²) in [7, 11) is 0. The summed E-state index contributed by atoms with van der Waals surface area (Å²) in [6, 6.07) is 3.51. The summed E-state index contributed by atoms with van der Waals surface area (Å²) in [5.74, 6) is 0.909. The summed E-state index contributed by atoms with van der Waals surface area (Å²) >= 11 is 0. The molecule has 3 heteroatoms. The molecule has 0 saturated carbocycles. The van der Waals surface area contributed by atoms with Crippen LogP contribution < -0.4 is 0 Å². The monoisotopic (exact) mass is 150 g/mol.